The third kappa shape index (κ3) is 3.13. The van der Waals surface area contributed by atoms with Crippen LogP contribution in [0.15, 0.2) is 48.5 Å². The fraction of sp³-hybridized carbons (Fsp3) is 0.429. The highest BCUT2D eigenvalue weighted by molar-refractivity contribution is 6.31. The molecule has 0 spiro atoms. The molecule has 2 fully saturated rings. The van der Waals surface area contributed by atoms with Crippen LogP contribution in [0.5, 0.6) is 0 Å². The molecule has 2 aliphatic carbocycles. The van der Waals surface area contributed by atoms with Crippen molar-refractivity contribution in [3.63, 3.8) is 0 Å². The number of halogens is 5. The molecule has 138 valence electrons. The second-order valence-corrected chi connectivity index (χ2v) is 8.20. The topological polar surface area (TPSA) is 0 Å². The lowest BCUT2D eigenvalue weighted by molar-refractivity contribution is -0.0367. The first-order valence-corrected chi connectivity index (χ1v) is 9.16. The van der Waals surface area contributed by atoms with Gasteiger partial charge in [0.25, 0.3) is 0 Å². The second kappa shape index (κ2) is 5.98. The summed E-state index contributed by atoms with van der Waals surface area (Å²) in [5.41, 5.74) is 1.44. The summed E-state index contributed by atoms with van der Waals surface area (Å²) in [4.78, 5) is 0. The second-order valence-electron chi connectivity index (χ2n) is 7.79. The third-order valence-electron chi connectivity index (χ3n) is 5.90. The molecule has 0 amide bonds. The molecular formula is C21H19ClF4. The monoisotopic (exact) mass is 382 g/mol. The van der Waals surface area contributed by atoms with Gasteiger partial charge in [-0.1, -0.05) is 54.1 Å². The van der Waals surface area contributed by atoms with E-state index in [1.165, 1.54) is 0 Å². The smallest absolute Gasteiger partial charge is 0.207 e. The fourth-order valence-corrected chi connectivity index (χ4v) is 5.06. The summed E-state index contributed by atoms with van der Waals surface area (Å²) in [5.74, 6) is -6.39. The largest absolute Gasteiger partial charge is 0.249 e. The van der Waals surface area contributed by atoms with Gasteiger partial charge in [0.05, 0.1) is 0 Å². The van der Waals surface area contributed by atoms with Crippen LogP contribution < -0.4 is 0 Å². The molecule has 4 rings (SSSR count). The molecule has 0 N–H and O–H groups in total. The summed E-state index contributed by atoms with van der Waals surface area (Å²) in [6, 6.07) is 14.7. The molecule has 0 nitrogen and oxygen atoms in total. The highest BCUT2D eigenvalue weighted by Gasteiger charge is 2.65. The maximum Gasteiger partial charge on any atom is 0.249 e. The predicted molar refractivity (Wildman–Crippen MR) is 94.2 cm³/mol. The van der Waals surface area contributed by atoms with Gasteiger partial charge in [-0.05, 0) is 35.1 Å². The number of fused-ring (bicyclic) bond motifs is 1. The summed E-state index contributed by atoms with van der Waals surface area (Å²) in [7, 11) is 0. The average molecular weight is 383 g/mol. The van der Waals surface area contributed by atoms with Crippen molar-refractivity contribution < 1.29 is 17.6 Å². The van der Waals surface area contributed by atoms with Crippen LogP contribution in [0, 0.1) is 5.92 Å². The summed E-state index contributed by atoms with van der Waals surface area (Å²) in [6.07, 6.45) is -1.23. The van der Waals surface area contributed by atoms with E-state index < -0.39 is 48.9 Å². The highest BCUT2D eigenvalue weighted by atomic mass is 35.5. The van der Waals surface area contributed by atoms with Gasteiger partial charge in [0.15, 0.2) is 0 Å². The van der Waals surface area contributed by atoms with E-state index in [0.29, 0.717) is 17.0 Å². The number of hydrogen-bond donors (Lipinski definition) is 0. The van der Waals surface area contributed by atoms with Gasteiger partial charge in [-0.2, -0.15) is 0 Å². The number of benzene rings is 2. The van der Waals surface area contributed by atoms with Crippen LogP contribution in [0.25, 0.3) is 0 Å². The predicted octanol–water partition coefficient (Wildman–Crippen LogP) is 6.64. The van der Waals surface area contributed by atoms with Crippen LogP contribution in [0.4, 0.5) is 17.6 Å². The normalized spacial score (nSPS) is 28.9. The summed E-state index contributed by atoms with van der Waals surface area (Å²) >= 11 is 6.18. The molecule has 2 aromatic rings. The Bertz CT molecular complexity index is 793. The molecule has 0 atom stereocenters. The summed E-state index contributed by atoms with van der Waals surface area (Å²) < 4.78 is 56.0. The zero-order valence-electron chi connectivity index (χ0n) is 14.1. The molecule has 0 radical (unpaired) electrons. The van der Waals surface area contributed by atoms with Crippen LogP contribution in [0.3, 0.4) is 0 Å². The Labute approximate surface area is 155 Å². The SMILES string of the molecule is FC1(F)CC2CC(F)(F)CC2(c2ccc(Cc3ccccc3Cl)cc2)C1. The van der Waals surface area contributed by atoms with Crippen LogP contribution in [-0.4, -0.2) is 11.8 Å². The van der Waals surface area contributed by atoms with Gasteiger partial charge < -0.3 is 0 Å². The van der Waals surface area contributed by atoms with Crippen LogP contribution in [0.1, 0.15) is 42.4 Å². The van der Waals surface area contributed by atoms with Crippen molar-refractivity contribution in [1.82, 2.24) is 0 Å². The maximum atomic E-state index is 14.0. The first-order valence-electron chi connectivity index (χ1n) is 8.78. The Hall–Kier alpha value is -1.55. The zero-order chi connectivity index (χ0) is 18.6. The van der Waals surface area contributed by atoms with Crippen molar-refractivity contribution in [2.75, 3.05) is 0 Å². The lowest BCUT2D eigenvalue weighted by Gasteiger charge is -2.29. The Kier molecular flexibility index (Phi) is 4.11. The Morgan fingerprint density at radius 2 is 1.42 bits per heavy atom. The minimum Gasteiger partial charge on any atom is -0.207 e. The minimum absolute atomic E-state index is 0.441. The molecule has 2 aliphatic rings. The van der Waals surface area contributed by atoms with Crippen LogP contribution in [0.2, 0.25) is 5.02 Å². The number of alkyl halides is 4. The number of rotatable bonds is 3. The van der Waals surface area contributed by atoms with Gasteiger partial charge in [-0.15, -0.1) is 0 Å². The maximum absolute atomic E-state index is 14.0. The molecule has 0 saturated heterocycles. The van der Waals surface area contributed by atoms with E-state index in [2.05, 4.69) is 0 Å². The van der Waals surface area contributed by atoms with Gasteiger partial charge in [0, 0.05) is 36.1 Å². The van der Waals surface area contributed by atoms with E-state index in [1.807, 2.05) is 36.4 Å². The van der Waals surface area contributed by atoms with Gasteiger partial charge in [0.2, 0.25) is 11.8 Å². The lowest BCUT2D eigenvalue weighted by Crippen LogP contribution is -2.28. The van der Waals surface area contributed by atoms with E-state index in [1.54, 1.807) is 12.1 Å². The van der Waals surface area contributed by atoms with Gasteiger partial charge >= 0.3 is 0 Å². The van der Waals surface area contributed by atoms with E-state index in [9.17, 15) is 17.6 Å². The van der Waals surface area contributed by atoms with Crippen molar-refractivity contribution >= 4 is 11.6 Å². The Morgan fingerprint density at radius 3 is 2.00 bits per heavy atom. The fourth-order valence-electron chi connectivity index (χ4n) is 4.86. The van der Waals surface area contributed by atoms with Crippen molar-refractivity contribution in [3.8, 4) is 0 Å². The van der Waals surface area contributed by atoms with E-state index in [4.69, 9.17) is 11.6 Å². The number of hydrogen-bond acceptors (Lipinski definition) is 0. The summed E-state index contributed by atoms with van der Waals surface area (Å²) in [6.45, 7) is 0. The van der Waals surface area contributed by atoms with Crippen molar-refractivity contribution in [2.24, 2.45) is 5.92 Å². The Morgan fingerprint density at radius 1 is 0.846 bits per heavy atom. The van der Waals surface area contributed by atoms with Gasteiger partial charge in [-0.3, -0.25) is 0 Å². The molecule has 0 aromatic heterocycles. The molecule has 0 heterocycles. The van der Waals surface area contributed by atoms with Gasteiger partial charge in [-0.25, -0.2) is 17.6 Å². The van der Waals surface area contributed by atoms with Crippen molar-refractivity contribution in [2.45, 2.75) is 49.4 Å². The molecule has 0 aliphatic heterocycles. The quantitative estimate of drug-likeness (QED) is 0.522. The standard InChI is InChI=1S/C21H19ClF4/c22-18-4-2-1-3-15(18)9-14-5-7-16(8-6-14)19-12-20(23,24)10-17(19)11-21(25,26)13-19/h1-8,17H,9-13H2. The first kappa shape index (κ1) is 17.8. The molecule has 0 bridgehead atoms. The minimum atomic E-state index is -2.86. The van der Waals surface area contributed by atoms with Crippen molar-refractivity contribution in [1.29, 1.82) is 0 Å². The van der Waals surface area contributed by atoms with E-state index in [0.717, 1.165) is 11.1 Å². The molecule has 5 heteroatoms. The van der Waals surface area contributed by atoms with E-state index in [-0.39, 0.29) is 0 Å². The van der Waals surface area contributed by atoms with Crippen LogP contribution >= 0.6 is 11.6 Å². The highest BCUT2D eigenvalue weighted by Crippen LogP contribution is 2.64. The molecule has 2 saturated carbocycles. The molecular weight excluding hydrogens is 364 g/mol. The van der Waals surface area contributed by atoms with E-state index >= 15 is 0 Å². The first-order chi connectivity index (χ1) is 12.2. The van der Waals surface area contributed by atoms with Crippen molar-refractivity contribution in [3.05, 3.63) is 70.2 Å². The lowest BCUT2D eigenvalue weighted by atomic mass is 9.74. The Balaban J connectivity index is 1.62. The molecule has 0 unspecified atom stereocenters. The van der Waals surface area contributed by atoms with Crippen LogP contribution in [-0.2, 0) is 11.8 Å². The zero-order valence-corrected chi connectivity index (χ0v) is 14.9. The third-order valence-corrected chi connectivity index (χ3v) is 6.27. The van der Waals surface area contributed by atoms with Gasteiger partial charge in [0.1, 0.15) is 0 Å². The average Bonchev–Trinajstić information content (AvgIpc) is 2.93. The molecule has 2 aromatic carbocycles. The summed E-state index contributed by atoms with van der Waals surface area (Å²) in [5, 5.41) is 0.668. The molecule has 26 heavy (non-hydrogen) atoms.